The Morgan fingerprint density at radius 2 is 2.24 bits per heavy atom. The van der Waals surface area contributed by atoms with E-state index in [-0.39, 0.29) is 0 Å². The van der Waals surface area contributed by atoms with Crippen LogP contribution in [-0.2, 0) is 25.0 Å². The minimum atomic E-state index is -0.828. The first kappa shape index (κ1) is 14.6. The van der Waals surface area contributed by atoms with Gasteiger partial charge in [-0.05, 0) is 65.9 Å². The molecule has 4 nitrogen and oxygen atoms in total. The second kappa shape index (κ2) is 5.14. The molecule has 3 rings (SSSR count). The largest absolute Gasteiger partial charge is 0.399 e. The van der Waals surface area contributed by atoms with Crippen LogP contribution in [0.1, 0.15) is 35.9 Å². The van der Waals surface area contributed by atoms with Crippen molar-refractivity contribution < 1.29 is 5.11 Å². The van der Waals surface area contributed by atoms with E-state index in [0.29, 0.717) is 6.42 Å². The molecule has 1 aliphatic carbocycles. The molecule has 0 saturated carbocycles. The standard InChI is InChI=1S/C16H20BrN3O/c1-3-20-14(15(17)10(2)19-20)9-16(21)7-6-11-8-12(18)4-5-13(11)16/h4-5,8,21H,3,6-7,9,18H2,1-2H3. The maximum atomic E-state index is 11.1. The Morgan fingerprint density at radius 1 is 1.48 bits per heavy atom. The third-order valence-corrected chi connectivity index (χ3v) is 5.38. The third-order valence-electron chi connectivity index (χ3n) is 4.35. The zero-order valence-corrected chi connectivity index (χ0v) is 13.9. The molecule has 0 fully saturated rings. The van der Waals surface area contributed by atoms with Crippen molar-refractivity contribution in [3.8, 4) is 0 Å². The number of benzene rings is 1. The molecule has 1 aromatic carbocycles. The predicted octanol–water partition coefficient (Wildman–Crippen LogP) is 2.93. The normalized spacial score (nSPS) is 20.8. The van der Waals surface area contributed by atoms with Crippen LogP contribution in [0.4, 0.5) is 5.69 Å². The molecule has 0 bridgehead atoms. The smallest absolute Gasteiger partial charge is 0.0957 e. The van der Waals surface area contributed by atoms with Crippen molar-refractivity contribution in [3.63, 3.8) is 0 Å². The molecule has 1 unspecified atom stereocenters. The summed E-state index contributed by atoms with van der Waals surface area (Å²) < 4.78 is 2.97. The predicted molar refractivity (Wildman–Crippen MR) is 87.1 cm³/mol. The Morgan fingerprint density at radius 3 is 2.95 bits per heavy atom. The summed E-state index contributed by atoms with van der Waals surface area (Å²) in [6.45, 7) is 4.84. The number of rotatable bonds is 3. The number of halogens is 1. The third kappa shape index (κ3) is 2.38. The van der Waals surface area contributed by atoms with Gasteiger partial charge in [0.25, 0.3) is 0 Å². The highest BCUT2D eigenvalue weighted by atomic mass is 79.9. The van der Waals surface area contributed by atoms with Crippen LogP contribution < -0.4 is 5.73 Å². The lowest BCUT2D eigenvalue weighted by Gasteiger charge is -2.24. The molecule has 0 amide bonds. The minimum Gasteiger partial charge on any atom is -0.399 e. The number of nitrogen functional groups attached to an aromatic ring is 1. The minimum absolute atomic E-state index is 0.569. The van der Waals surface area contributed by atoms with Crippen molar-refractivity contribution in [2.45, 2.75) is 45.3 Å². The molecular formula is C16H20BrN3O. The molecule has 0 spiro atoms. The highest BCUT2D eigenvalue weighted by Crippen LogP contribution is 2.41. The number of aliphatic hydroxyl groups is 1. The molecule has 3 N–H and O–H groups in total. The fraction of sp³-hybridized carbons (Fsp3) is 0.438. The molecule has 112 valence electrons. The molecule has 2 aromatic rings. The van der Waals surface area contributed by atoms with Gasteiger partial charge in [0.15, 0.2) is 0 Å². The monoisotopic (exact) mass is 349 g/mol. The molecule has 0 aliphatic heterocycles. The van der Waals surface area contributed by atoms with E-state index in [0.717, 1.165) is 52.1 Å². The van der Waals surface area contributed by atoms with E-state index in [1.165, 1.54) is 0 Å². The Hall–Kier alpha value is -1.33. The average molecular weight is 350 g/mol. The maximum absolute atomic E-state index is 11.1. The number of aryl methyl sites for hydroxylation is 3. The van der Waals surface area contributed by atoms with Crippen LogP contribution in [0.15, 0.2) is 22.7 Å². The molecule has 5 heteroatoms. The molecule has 1 aliphatic rings. The highest BCUT2D eigenvalue weighted by Gasteiger charge is 2.38. The van der Waals surface area contributed by atoms with Crippen LogP contribution in [0.5, 0.6) is 0 Å². The number of hydrogen-bond donors (Lipinski definition) is 2. The molecule has 21 heavy (non-hydrogen) atoms. The van der Waals surface area contributed by atoms with E-state index in [1.807, 2.05) is 29.8 Å². The maximum Gasteiger partial charge on any atom is 0.0957 e. The van der Waals surface area contributed by atoms with Gasteiger partial charge in [-0.15, -0.1) is 0 Å². The summed E-state index contributed by atoms with van der Waals surface area (Å²) in [5.41, 5.74) is 9.96. The molecule has 1 heterocycles. The topological polar surface area (TPSA) is 64.1 Å². The summed E-state index contributed by atoms with van der Waals surface area (Å²) in [5, 5.41) is 15.6. The van der Waals surface area contributed by atoms with Gasteiger partial charge in [0.2, 0.25) is 0 Å². The summed E-state index contributed by atoms with van der Waals surface area (Å²) in [6.07, 6.45) is 2.17. The van der Waals surface area contributed by atoms with Gasteiger partial charge in [0, 0.05) is 18.7 Å². The van der Waals surface area contributed by atoms with Crippen LogP contribution in [0, 0.1) is 6.92 Å². The molecule has 1 atom stereocenters. The number of fused-ring (bicyclic) bond motifs is 1. The second-order valence-corrected chi connectivity index (χ2v) is 6.58. The molecule has 1 aromatic heterocycles. The van der Waals surface area contributed by atoms with Crippen LogP contribution in [0.3, 0.4) is 0 Å². The van der Waals surface area contributed by atoms with Crippen LogP contribution in [0.2, 0.25) is 0 Å². The lowest BCUT2D eigenvalue weighted by molar-refractivity contribution is 0.0367. The summed E-state index contributed by atoms with van der Waals surface area (Å²) in [6, 6.07) is 5.81. The number of anilines is 1. The van der Waals surface area contributed by atoms with Crippen LogP contribution in [-0.4, -0.2) is 14.9 Å². The second-order valence-electron chi connectivity index (χ2n) is 5.79. The van der Waals surface area contributed by atoms with E-state index in [1.54, 1.807) is 0 Å². The Bertz CT molecular complexity index is 695. The first-order valence-corrected chi connectivity index (χ1v) is 8.07. The van der Waals surface area contributed by atoms with E-state index in [2.05, 4.69) is 28.0 Å². The fourth-order valence-corrected chi connectivity index (χ4v) is 3.67. The summed E-state index contributed by atoms with van der Waals surface area (Å²) >= 11 is 3.61. The molecule has 0 saturated heterocycles. The first-order chi connectivity index (χ1) is 9.94. The number of nitrogens with zero attached hydrogens (tertiary/aromatic N) is 2. The van der Waals surface area contributed by atoms with Gasteiger partial charge in [0.05, 0.1) is 21.5 Å². The fourth-order valence-electron chi connectivity index (χ4n) is 3.25. The lowest BCUT2D eigenvalue weighted by Crippen LogP contribution is -2.27. The lowest BCUT2D eigenvalue weighted by atomic mass is 9.90. The number of aromatic nitrogens is 2. The average Bonchev–Trinajstić information content (AvgIpc) is 2.91. The highest BCUT2D eigenvalue weighted by molar-refractivity contribution is 9.10. The van der Waals surface area contributed by atoms with Crippen molar-refractivity contribution in [3.05, 3.63) is 45.2 Å². The van der Waals surface area contributed by atoms with Crippen molar-refractivity contribution in [1.29, 1.82) is 0 Å². The first-order valence-electron chi connectivity index (χ1n) is 7.27. The van der Waals surface area contributed by atoms with E-state index in [4.69, 9.17) is 5.73 Å². The zero-order valence-electron chi connectivity index (χ0n) is 12.4. The van der Waals surface area contributed by atoms with Gasteiger partial charge in [0.1, 0.15) is 0 Å². The summed E-state index contributed by atoms with van der Waals surface area (Å²) in [4.78, 5) is 0. The van der Waals surface area contributed by atoms with E-state index in [9.17, 15) is 5.11 Å². The zero-order chi connectivity index (χ0) is 15.2. The Labute approximate surface area is 133 Å². The molecule has 0 radical (unpaired) electrons. The van der Waals surface area contributed by atoms with Crippen molar-refractivity contribution in [1.82, 2.24) is 9.78 Å². The summed E-state index contributed by atoms with van der Waals surface area (Å²) in [7, 11) is 0. The number of hydrogen-bond acceptors (Lipinski definition) is 3. The Kier molecular flexibility index (Phi) is 3.58. The van der Waals surface area contributed by atoms with E-state index >= 15 is 0 Å². The van der Waals surface area contributed by atoms with Crippen LogP contribution in [0.25, 0.3) is 0 Å². The summed E-state index contributed by atoms with van der Waals surface area (Å²) in [5.74, 6) is 0. The van der Waals surface area contributed by atoms with Gasteiger partial charge >= 0.3 is 0 Å². The number of nitrogens with two attached hydrogens (primary N) is 1. The Balaban J connectivity index is 2.00. The van der Waals surface area contributed by atoms with Gasteiger partial charge in [-0.25, -0.2) is 0 Å². The SMILES string of the molecule is CCn1nc(C)c(Br)c1CC1(O)CCc2cc(N)ccc21. The van der Waals surface area contributed by atoms with Gasteiger partial charge < -0.3 is 10.8 Å². The van der Waals surface area contributed by atoms with E-state index < -0.39 is 5.60 Å². The van der Waals surface area contributed by atoms with Crippen molar-refractivity contribution in [2.75, 3.05) is 5.73 Å². The quantitative estimate of drug-likeness (QED) is 0.837. The van der Waals surface area contributed by atoms with Crippen LogP contribution >= 0.6 is 15.9 Å². The molecular weight excluding hydrogens is 330 g/mol. The van der Waals surface area contributed by atoms with Gasteiger partial charge in [-0.2, -0.15) is 5.10 Å². The van der Waals surface area contributed by atoms with Crippen molar-refractivity contribution in [2.24, 2.45) is 0 Å². The van der Waals surface area contributed by atoms with Crippen molar-refractivity contribution >= 4 is 21.6 Å². The van der Waals surface area contributed by atoms with Gasteiger partial charge in [-0.1, -0.05) is 6.07 Å². The van der Waals surface area contributed by atoms with Gasteiger partial charge in [-0.3, -0.25) is 4.68 Å².